The number of nitrogens with zero attached hydrogens (tertiary/aromatic N) is 2. The quantitative estimate of drug-likeness (QED) is 0.470. The van der Waals surface area contributed by atoms with E-state index in [9.17, 15) is 4.39 Å². The van der Waals surface area contributed by atoms with E-state index in [2.05, 4.69) is 20.6 Å². The van der Waals surface area contributed by atoms with E-state index >= 15 is 0 Å². The molecule has 0 atom stereocenters. The van der Waals surface area contributed by atoms with Gasteiger partial charge < -0.3 is 20.1 Å². The summed E-state index contributed by atoms with van der Waals surface area (Å²) in [4.78, 5) is 8.53. The number of pyridine rings is 1. The fraction of sp³-hybridized carbons (Fsp3) is 0.182. The van der Waals surface area contributed by atoms with E-state index in [0.717, 1.165) is 16.9 Å². The molecule has 0 aliphatic heterocycles. The van der Waals surface area contributed by atoms with E-state index < -0.39 is 0 Å². The molecule has 7 heteroatoms. The van der Waals surface area contributed by atoms with Gasteiger partial charge in [0.25, 0.3) is 0 Å². The Bertz CT molecular complexity index is 944. The van der Waals surface area contributed by atoms with Crippen LogP contribution in [0.25, 0.3) is 0 Å². The van der Waals surface area contributed by atoms with Crippen LogP contribution in [0.15, 0.2) is 71.9 Å². The Labute approximate surface area is 169 Å². The zero-order valence-electron chi connectivity index (χ0n) is 16.4. The number of rotatable bonds is 7. The Kier molecular flexibility index (Phi) is 7.00. The first-order valence-corrected chi connectivity index (χ1v) is 9.12. The maximum absolute atomic E-state index is 13.0. The van der Waals surface area contributed by atoms with Crippen molar-refractivity contribution in [2.24, 2.45) is 4.99 Å². The number of aromatic nitrogens is 1. The van der Waals surface area contributed by atoms with E-state index in [1.54, 1.807) is 38.6 Å². The molecule has 0 aliphatic carbocycles. The minimum absolute atomic E-state index is 0.248. The molecule has 0 amide bonds. The molecule has 0 saturated carbocycles. The van der Waals surface area contributed by atoms with Crippen LogP contribution in [0.1, 0.15) is 11.1 Å². The van der Waals surface area contributed by atoms with E-state index in [4.69, 9.17) is 9.47 Å². The van der Waals surface area contributed by atoms with Crippen molar-refractivity contribution in [3.63, 3.8) is 0 Å². The number of benzene rings is 2. The molecule has 1 heterocycles. The van der Waals surface area contributed by atoms with E-state index in [-0.39, 0.29) is 5.82 Å². The minimum atomic E-state index is -0.248. The number of nitrogens with one attached hydrogen (secondary N) is 2. The summed E-state index contributed by atoms with van der Waals surface area (Å²) in [7, 11) is 3.31. The van der Waals surface area contributed by atoms with Crippen LogP contribution in [0.3, 0.4) is 0 Å². The number of halogens is 1. The number of guanidine groups is 1. The molecule has 0 saturated heterocycles. The van der Waals surface area contributed by atoms with Gasteiger partial charge in [0.15, 0.2) is 5.96 Å². The van der Waals surface area contributed by atoms with Gasteiger partial charge in [-0.3, -0.25) is 4.99 Å². The molecule has 6 nitrogen and oxygen atoms in total. The van der Waals surface area contributed by atoms with Crippen molar-refractivity contribution in [2.45, 2.75) is 13.1 Å². The summed E-state index contributed by atoms with van der Waals surface area (Å²) in [5.41, 5.74) is 1.95. The zero-order valence-corrected chi connectivity index (χ0v) is 16.4. The van der Waals surface area contributed by atoms with Crippen LogP contribution >= 0.6 is 0 Å². The highest BCUT2D eigenvalue weighted by atomic mass is 19.1. The van der Waals surface area contributed by atoms with Gasteiger partial charge in [0.2, 0.25) is 5.88 Å². The molecular weight excluding hydrogens is 371 g/mol. The van der Waals surface area contributed by atoms with Gasteiger partial charge in [0.1, 0.15) is 17.3 Å². The lowest BCUT2D eigenvalue weighted by molar-refractivity contribution is 0.407. The zero-order chi connectivity index (χ0) is 20.5. The van der Waals surface area contributed by atoms with Gasteiger partial charge in [-0.25, -0.2) is 9.37 Å². The minimum Gasteiger partial charge on any atom is -0.497 e. The topological polar surface area (TPSA) is 67.8 Å². The first kappa shape index (κ1) is 20.1. The largest absolute Gasteiger partial charge is 0.497 e. The Morgan fingerprint density at radius 1 is 0.966 bits per heavy atom. The van der Waals surface area contributed by atoms with Crippen LogP contribution in [0.5, 0.6) is 17.4 Å². The molecule has 29 heavy (non-hydrogen) atoms. The van der Waals surface area contributed by atoms with Crippen molar-refractivity contribution >= 4 is 5.96 Å². The predicted molar refractivity (Wildman–Crippen MR) is 111 cm³/mol. The molecule has 2 aromatic carbocycles. The second kappa shape index (κ2) is 10.1. The third-order valence-corrected chi connectivity index (χ3v) is 4.12. The monoisotopic (exact) mass is 394 g/mol. The lowest BCUT2D eigenvalue weighted by atomic mass is 10.2. The molecular formula is C22H23FN4O2. The first-order chi connectivity index (χ1) is 14.2. The number of methoxy groups -OCH3 is 1. The molecule has 0 aliphatic rings. The van der Waals surface area contributed by atoms with Gasteiger partial charge in [0.05, 0.1) is 7.11 Å². The number of hydrogen-bond acceptors (Lipinski definition) is 4. The van der Waals surface area contributed by atoms with Crippen molar-refractivity contribution in [1.82, 2.24) is 15.6 Å². The molecule has 0 radical (unpaired) electrons. The van der Waals surface area contributed by atoms with Crippen LogP contribution in [-0.2, 0) is 13.1 Å². The van der Waals surface area contributed by atoms with Gasteiger partial charge >= 0.3 is 0 Å². The summed E-state index contributed by atoms with van der Waals surface area (Å²) in [6.45, 7) is 1.10. The average molecular weight is 394 g/mol. The molecule has 3 aromatic rings. The highest BCUT2D eigenvalue weighted by molar-refractivity contribution is 5.79. The van der Waals surface area contributed by atoms with Gasteiger partial charge in [-0.1, -0.05) is 24.3 Å². The summed E-state index contributed by atoms with van der Waals surface area (Å²) in [6, 6.07) is 17.4. The van der Waals surface area contributed by atoms with Gasteiger partial charge in [-0.15, -0.1) is 0 Å². The van der Waals surface area contributed by atoms with E-state index in [0.29, 0.717) is 30.7 Å². The number of ether oxygens (including phenoxy) is 2. The normalized spacial score (nSPS) is 11.1. The second-order valence-corrected chi connectivity index (χ2v) is 6.19. The summed E-state index contributed by atoms with van der Waals surface area (Å²) in [5, 5.41) is 6.41. The summed E-state index contributed by atoms with van der Waals surface area (Å²) in [5.74, 6) is 2.28. The average Bonchev–Trinajstić information content (AvgIpc) is 2.76. The van der Waals surface area contributed by atoms with Crippen molar-refractivity contribution in [1.29, 1.82) is 0 Å². The van der Waals surface area contributed by atoms with Crippen molar-refractivity contribution < 1.29 is 13.9 Å². The maximum Gasteiger partial charge on any atom is 0.219 e. The van der Waals surface area contributed by atoms with Crippen molar-refractivity contribution in [3.05, 3.63) is 83.8 Å². The Morgan fingerprint density at radius 2 is 1.66 bits per heavy atom. The van der Waals surface area contributed by atoms with Crippen LogP contribution in [0.2, 0.25) is 0 Å². The van der Waals surface area contributed by atoms with Gasteiger partial charge in [-0.2, -0.15) is 0 Å². The molecule has 0 bridgehead atoms. The summed E-state index contributed by atoms with van der Waals surface area (Å²) in [6.07, 6.45) is 1.75. The highest BCUT2D eigenvalue weighted by Crippen LogP contribution is 2.23. The Morgan fingerprint density at radius 3 is 2.31 bits per heavy atom. The second-order valence-electron chi connectivity index (χ2n) is 6.19. The molecule has 1 aromatic heterocycles. The molecule has 3 rings (SSSR count). The highest BCUT2D eigenvalue weighted by Gasteiger charge is 2.03. The molecule has 150 valence electrons. The number of hydrogen-bond donors (Lipinski definition) is 2. The smallest absolute Gasteiger partial charge is 0.219 e. The fourth-order valence-corrected chi connectivity index (χ4v) is 2.56. The predicted octanol–water partition coefficient (Wildman–Crippen LogP) is 3.89. The standard InChI is InChI=1S/C22H23FN4O2/c1-24-22(26-13-16-6-9-18(23)10-7-16)27-15-17-8-11-21(25-14-17)29-20-5-3-4-19(12-20)28-2/h3-12,14H,13,15H2,1-2H3,(H2,24,26,27). The van der Waals surface area contributed by atoms with E-state index in [1.807, 2.05) is 30.3 Å². The van der Waals surface area contributed by atoms with Crippen LogP contribution in [-0.4, -0.2) is 25.1 Å². The van der Waals surface area contributed by atoms with Crippen LogP contribution in [0.4, 0.5) is 4.39 Å². The fourth-order valence-electron chi connectivity index (χ4n) is 2.56. The summed E-state index contributed by atoms with van der Waals surface area (Å²) >= 11 is 0. The first-order valence-electron chi connectivity index (χ1n) is 9.12. The number of aliphatic imine (C=N–C) groups is 1. The maximum atomic E-state index is 13.0. The van der Waals surface area contributed by atoms with Gasteiger partial charge in [-0.05, 0) is 35.4 Å². The Balaban J connectivity index is 1.50. The third kappa shape index (κ3) is 6.21. The SMILES string of the molecule is CN=C(NCc1ccc(F)cc1)NCc1ccc(Oc2cccc(OC)c2)nc1. The third-order valence-electron chi connectivity index (χ3n) is 4.12. The van der Waals surface area contributed by atoms with Crippen molar-refractivity contribution in [3.8, 4) is 17.4 Å². The molecule has 0 fully saturated rings. The molecule has 0 spiro atoms. The van der Waals surface area contributed by atoms with Crippen molar-refractivity contribution in [2.75, 3.05) is 14.2 Å². The molecule has 2 N–H and O–H groups in total. The Hall–Kier alpha value is -3.61. The summed E-state index contributed by atoms with van der Waals surface area (Å²) < 4.78 is 23.9. The van der Waals surface area contributed by atoms with E-state index in [1.165, 1.54) is 12.1 Å². The van der Waals surface area contributed by atoms with Crippen LogP contribution in [0, 0.1) is 5.82 Å². The lowest BCUT2D eigenvalue weighted by Crippen LogP contribution is -2.36. The lowest BCUT2D eigenvalue weighted by Gasteiger charge is -2.12. The van der Waals surface area contributed by atoms with Crippen LogP contribution < -0.4 is 20.1 Å². The molecule has 0 unspecified atom stereocenters. The van der Waals surface area contributed by atoms with Gasteiger partial charge in [0, 0.05) is 38.5 Å².